The van der Waals surface area contributed by atoms with Crippen molar-refractivity contribution in [3.63, 3.8) is 0 Å². The molecule has 6 nitrogen and oxygen atoms in total. The van der Waals surface area contributed by atoms with Crippen molar-refractivity contribution in [2.24, 2.45) is 0 Å². The summed E-state index contributed by atoms with van der Waals surface area (Å²) in [5.41, 5.74) is 0. The van der Waals surface area contributed by atoms with Crippen molar-refractivity contribution in [2.45, 2.75) is 14.7 Å². The zero-order valence-corrected chi connectivity index (χ0v) is 15.8. The maximum atomic E-state index is 12.7. The Kier molecular flexibility index (Phi) is 5.59. The monoisotopic (exact) mass is 403 g/mol. The zero-order valence-electron chi connectivity index (χ0n) is 14.2. The Morgan fingerprint density at radius 3 is 1.56 bits per heavy atom. The zero-order chi connectivity index (χ0) is 19.4. The summed E-state index contributed by atoms with van der Waals surface area (Å²) in [5.74, 6) is 1.44. The summed E-state index contributed by atoms with van der Waals surface area (Å²) in [6, 6.07) is 18.0. The number of methoxy groups -OCH3 is 1. The molecular formula is C19H15O6S2-. The quantitative estimate of drug-likeness (QED) is 0.584. The fourth-order valence-electron chi connectivity index (χ4n) is 2.33. The van der Waals surface area contributed by atoms with Gasteiger partial charge in [-0.25, -0.2) is 8.42 Å². The lowest BCUT2D eigenvalue weighted by molar-refractivity contribution is 0.414. The predicted octanol–water partition coefficient (Wildman–Crippen LogP) is 3.56. The third kappa shape index (κ3) is 4.36. The molecule has 3 aromatic rings. The summed E-state index contributed by atoms with van der Waals surface area (Å²) >= 11 is -2.30. The summed E-state index contributed by atoms with van der Waals surface area (Å²) in [4.78, 5) is 0.457. The molecular weight excluding hydrogens is 388 g/mol. The second-order valence-electron chi connectivity index (χ2n) is 5.46. The normalized spacial score (nSPS) is 12.4. The van der Waals surface area contributed by atoms with E-state index in [0.717, 1.165) is 0 Å². The first-order chi connectivity index (χ1) is 12.9. The SMILES string of the molecule is COc1ccc(S(=O)(=O)c2ccc(Oc3ccc(S(=O)[O-])cc3)cc2)cc1. The van der Waals surface area contributed by atoms with Crippen LogP contribution in [0.5, 0.6) is 17.2 Å². The lowest BCUT2D eigenvalue weighted by atomic mass is 10.3. The standard InChI is InChI=1S/C19H16O6S2/c1-24-14-4-10-18(11-5-14)27(22,23)19-12-6-16(7-13-19)25-15-2-8-17(9-3-15)26(20)21/h2-13H,1H3,(H,20,21)/p-1. The second-order valence-corrected chi connectivity index (χ2v) is 8.35. The van der Waals surface area contributed by atoms with E-state index in [9.17, 15) is 17.2 Å². The number of rotatable bonds is 6. The molecule has 0 spiro atoms. The van der Waals surface area contributed by atoms with Crippen LogP contribution in [0.15, 0.2) is 87.5 Å². The van der Waals surface area contributed by atoms with Gasteiger partial charge in [-0.3, -0.25) is 4.21 Å². The fourth-order valence-corrected chi connectivity index (χ4v) is 3.95. The molecule has 0 aromatic heterocycles. The third-order valence-corrected chi connectivity index (χ3v) is 6.20. The predicted molar refractivity (Wildman–Crippen MR) is 98.6 cm³/mol. The summed E-state index contributed by atoms with van der Waals surface area (Å²) in [6.07, 6.45) is 0. The molecule has 27 heavy (non-hydrogen) atoms. The molecule has 0 radical (unpaired) electrons. The Hall–Kier alpha value is -2.68. The minimum absolute atomic E-state index is 0.136. The minimum atomic E-state index is -3.65. The molecule has 0 aliphatic carbocycles. The van der Waals surface area contributed by atoms with E-state index in [-0.39, 0.29) is 14.7 Å². The van der Waals surface area contributed by atoms with Crippen molar-refractivity contribution in [2.75, 3.05) is 7.11 Å². The van der Waals surface area contributed by atoms with Crippen LogP contribution < -0.4 is 9.47 Å². The number of benzene rings is 3. The molecule has 0 saturated heterocycles. The van der Waals surface area contributed by atoms with Crippen LogP contribution in [0, 0.1) is 0 Å². The Bertz CT molecular complexity index is 1040. The van der Waals surface area contributed by atoms with E-state index in [0.29, 0.717) is 17.2 Å². The topological polar surface area (TPSA) is 92.7 Å². The van der Waals surface area contributed by atoms with E-state index in [1.807, 2.05) is 0 Å². The van der Waals surface area contributed by atoms with Gasteiger partial charge in [0, 0.05) is 4.90 Å². The lowest BCUT2D eigenvalue weighted by Crippen LogP contribution is -2.01. The van der Waals surface area contributed by atoms with E-state index in [1.165, 1.54) is 67.8 Å². The van der Waals surface area contributed by atoms with Crippen molar-refractivity contribution in [1.29, 1.82) is 0 Å². The van der Waals surface area contributed by atoms with Gasteiger partial charge in [-0.2, -0.15) is 0 Å². The van der Waals surface area contributed by atoms with Crippen molar-refractivity contribution in [3.05, 3.63) is 72.8 Å². The van der Waals surface area contributed by atoms with Crippen LogP contribution in [-0.4, -0.2) is 24.3 Å². The number of sulfone groups is 1. The van der Waals surface area contributed by atoms with Gasteiger partial charge in [0.1, 0.15) is 17.2 Å². The maximum absolute atomic E-state index is 12.7. The molecule has 0 amide bonds. The molecule has 0 N–H and O–H groups in total. The largest absolute Gasteiger partial charge is 0.768 e. The highest BCUT2D eigenvalue weighted by atomic mass is 32.2. The Balaban J connectivity index is 1.78. The van der Waals surface area contributed by atoms with Gasteiger partial charge in [-0.1, -0.05) is 0 Å². The van der Waals surface area contributed by atoms with Crippen molar-refractivity contribution in [1.82, 2.24) is 0 Å². The first-order valence-electron chi connectivity index (χ1n) is 7.76. The molecule has 8 heteroatoms. The van der Waals surface area contributed by atoms with Crippen LogP contribution in [0.25, 0.3) is 0 Å². The number of ether oxygens (including phenoxy) is 2. The highest BCUT2D eigenvalue weighted by Crippen LogP contribution is 2.27. The van der Waals surface area contributed by atoms with Crippen molar-refractivity contribution >= 4 is 20.9 Å². The molecule has 0 heterocycles. The maximum Gasteiger partial charge on any atom is 0.206 e. The average Bonchev–Trinajstić information content (AvgIpc) is 2.69. The van der Waals surface area contributed by atoms with Crippen LogP contribution in [0.4, 0.5) is 0 Å². The van der Waals surface area contributed by atoms with E-state index >= 15 is 0 Å². The molecule has 0 bridgehead atoms. The van der Waals surface area contributed by atoms with E-state index in [4.69, 9.17) is 9.47 Å². The molecule has 0 aliphatic rings. The smallest absolute Gasteiger partial charge is 0.206 e. The highest BCUT2D eigenvalue weighted by Gasteiger charge is 2.17. The van der Waals surface area contributed by atoms with Gasteiger partial charge in [0.05, 0.1) is 16.9 Å². The third-order valence-electron chi connectivity index (χ3n) is 3.76. The van der Waals surface area contributed by atoms with Crippen LogP contribution in [0.3, 0.4) is 0 Å². The van der Waals surface area contributed by atoms with Gasteiger partial charge < -0.3 is 14.0 Å². The second kappa shape index (κ2) is 7.91. The van der Waals surface area contributed by atoms with Gasteiger partial charge in [0.25, 0.3) is 0 Å². The first kappa shape index (κ1) is 19.1. The van der Waals surface area contributed by atoms with Crippen molar-refractivity contribution in [3.8, 4) is 17.2 Å². The summed E-state index contributed by atoms with van der Waals surface area (Å²) in [6.45, 7) is 0. The summed E-state index contributed by atoms with van der Waals surface area (Å²) < 4.78 is 57.7. The van der Waals surface area contributed by atoms with Gasteiger partial charge >= 0.3 is 0 Å². The molecule has 140 valence electrons. The molecule has 3 aromatic carbocycles. The average molecular weight is 403 g/mol. The van der Waals surface area contributed by atoms with Gasteiger partial charge in [-0.15, -0.1) is 0 Å². The van der Waals surface area contributed by atoms with E-state index in [1.54, 1.807) is 12.1 Å². The Labute approximate surface area is 159 Å². The van der Waals surface area contributed by atoms with Crippen LogP contribution in [0.2, 0.25) is 0 Å². The van der Waals surface area contributed by atoms with E-state index in [2.05, 4.69) is 0 Å². The van der Waals surface area contributed by atoms with Crippen LogP contribution in [0.1, 0.15) is 0 Å². The Morgan fingerprint density at radius 2 is 1.15 bits per heavy atom. The molecule has 1 atom stereocenters. The highest BCUT2D eigenvalue weighted by molar-refractivity contribution is 7.91. The van der Waals surface area contributed by atoms with E-state index < -0.39 is 20.9 Å². The number of hydrogen-bond donors (Lipinski definition) is 0. The summed E-state index contributed by atoms with van der Waals surface area (Å²) in [5, 5.41) is 0. The van der Waals surface area contributed by atoms with Crippen LogP contribution >= 0.6 is 0 Å². The van der Waals surface area contributed by atoms with Crippen LogP contribution in [-0.2, 0) is 20.9 Å². The fraction of sp³-hybridized carbons (Fsp3) is 0.0526. The molecule has 0 fully saturated rings. The van der Waals surface area contributed by atoms with Gasteiger partial charge in [-0.05, 0) is 83.9 Å². The minimum Gasteiger partial charge on any atom is -0.768 e. The number of hydrogen-bond acceptors (Lipinski definition) is 6. The molecule has 3 rings (SSSR count). The Morgan fingerprint density at radius 1 is 0.741 bits per heavy atom. The molecule has 0 saturated carbocycles. The molecule has 0 aliphatic heterocycles. The summed E-state index contributed by atoms with van der Waals surface area (Å²) in [7, 11) is -2.14. The molecule has 1 unspecified atom stereocenters. The van der Waals surface area contributed by atoms with Gasteiger partial charge in [0.15, 0.2) is 0 Å². The lowest BCUT2D eigenvalue weighted by Gasteiger charge is -2.09. The first-order valence-corrected chi connectivity index (χ1v) is 10.3. The van der Waals surface area contributed by atoms with Crippen molar-refractivity contribution < 1.29 is 26.7 Å². The van der Waals surface area contributed by atoms with Gasteiger partial charge in [0.2, 0.25) is 9.84 Å².